The molecule has 0 saturated carbocycles. The van der Waals surface area contributed by atoms with Crippen LogP contribution in [0.4, 0.5) is 5.69 Å². The van der Waals surface area contributed by atoms with E-state index in [1.54, 1.807) is 13.8 Å². The van der Waals surface area contributed by atoms with Crippen molar-refractivity contribution in [3.8, 4) is 0 Å². The molecule has 2 aromatic carbocycles. The summed E-state index contributed by atoms with van der Waals surface area (Å²) >= 11 is 0. The van der Waals surface area contributed by atoms with E-state index in [1.165, 1.54) is 52.8 Å². The number of ether oxygens (including phenoxy) is 1. The van der Waals surface area contributed by atoms with Gasteiger partial charge in [0.1, 0.15) is 0 Å². The standard InChI is InChI=1S/C22H29N3O6S2/c1-15(2)24-32(27,28)20-11-7-19(8-12-20)23-22(26)18-5-9-21(10-6-18)33(29,30)25-13-16(3)31-17(4)14-25/h5-12,15-17,24H,13-14H2,1-4H3,(H,23,26). The van der Waals surface area contributed by atoms with E-state index in [2.05, 4.69) is 10.0 Å². The minimum absolute atomic E-state index is 0.0931. The van der Waals surface area contributed by atoms with Crippen molar-refractivity contribution in [2.24, 2.45) is 0 Å². The lowest BCUT2D eigenvalue weighted by Crippen LogP contribution is -2.48. The molecule has 1 fully saturated rings. The molecule has 0 aromatic heterocycles. The molecule has 0 radical (unpaired) electrons. The Kier molecular flexibility index (Phi) is 7.59. The molecule has 2 atom stereocenters. The second kappa shape index (κ2) is 9.90. The first kappa shape index (κ1) is 25.3. The molecule has 3 rings (SSSR count). The van der Waals surface area contributed by atoms with E-state index in [0.29, 0.717) is 5.69 Å². The molecule has 1 aliphatic rings. The van der Waals surface area contributed by atoms with E-state index in [4.69, 9.17) is 4.74 Å². The number of hydrogen-bond acceptors (Lipinski definition) is 6. The number of benzene rings is 2. The van der Waals surface area contributed by atoms with Crippen molar-refractivity contribution in [2.45, 2.75) is 55.7 Å². The number of rotatable bonds is 7. The van der Waals surface area contributed by atoms with Crippen LogP contribution >= 0.6 is 0 Å². The third kappa shape index (κ3) is 6.18. The Morgan fingerprint density at radius 2 is 1.42 bits per heavy atom. The Bertz CT molecular complexity index is 1180. The summed E-state index contributed by atoms with van der Waals surface area (Å²) in [4.78, 5) is 12.8. The van der Waals surface area contributed by atoms with Crippen LogP contribution in [-0.4, -0.2) is 58.4 Å². The van der Waals surface area contributed by atoms with Crippen LogP contribution in [0.1, 0.15) is 38.1 Å². The van der Waals surface area contributed by atoms with Gasteiger partial charge in [0.2, 0.25) is 20.0 Å². The molecule has 2 aromatic rings. The fourth-order valence-corrected chi connectivity index (χ4v) is 6.39. The van der Waals surface area contributed by atoms with Crippen LogP contribution in [0.5, 0.6) is 0 Å². The molecule has 180 valence electrons. The van der Waals surface area contributed by atoms with Gasteiger partial charge in [-0.1, -0.05) is 0 Å². The van der Waals surface area contributed by atoms with Crippen molar-refractivity contribution in [3.63, 3.8) is 0 Å². The molecular formula is C22H29N3O6S2. The van der Waals surface area contributed by atoms with Crippen molar-refractivity contribution in [2.75, 3.05) is 18.4 Å². The number of amides is 1. The maximum absolute atomic E-state index is 12.9. The molecule has 1 aliphatic heterocycles. The first-order valence-electron chi connectivity index (χ1n) is 10.6. The highest BCUT2D eigenvalue weighted by Gasteiger charge is 2.32. The molecule has 33 heavy (non-hydrogen) atoms. The second-order valence-electron chi connectivity index (χ2n) is 8.36. The predicted molar refractivity (Wildman–Crippen MR) is 125 cm³/mol. The number of anilines is 1. The fraction of sp³-hybridized carbons (Fsp3) is 0.409. The first-order chi connectivity index (χ1) is 15.4. The monoisotopic (exact) mass is 495 g/mol. The number of hydrogen-bond donors (Lipinski definition) is 2. The Balaban J connectivity index is 1.69. The second-order valence-corrected chi connectivity index (χ2v) is 12.0. The highest BCUT2D eigenvalue weighted by atomic mass is 32.2. The van der Waals surface area contributed by atoms with Crippen molar-refractivity contribution >= 4 is 31.6 Å². The predicted octanol–water partition coefficient (Wildman–Crippen LogP) is 2.42. The quantitative estimate of drug-likeness (QED) is 0.608. The zero-order chi connectivity index (χ0) is 24.4. The average Bonchev–Trinajstić information content (AvgIpc) is 2.72. The highest BCUT2D eigenvalue weighted by Crippen LogP contribution is 2.22. The minimum atomic E-state index is -3.70. The lowest BCUT2D eigenvalue weighted by molar-refractivity contribution is -0.0440. The first-order valence-corrected chi connectivity index (χ1v) is 13.5. The highest BCUT2D eigenvalue weighted by molar-refractivity contribution is 7.89. The zero-order valence-corrected chi connectivity index (χ0v) is 20.6. The normalized spacial score (nSPS) is 20.0. The smallest absolute Gasteiger partial charge is 0.255 e. The third-order valence-corrected chi connectivity index (χ3v) is 8.47. The summed E-state index contributed by atoms with van der Waals surface area (Å²) in [5, 5.41) is 2.68. The van der Waals surface area contributed by atoms with Crippen LogP contribution in [0, 0.1) is 0 Å². The molecule has 0 bridgehead atoms. The van der Waals surface area contributed by atoms with Gasteiger partial charge in [-0.05, 0) is 76.2 Å². The number of nitrogens with one attached hydrogen (secondary N) is 2. The largest absolute Gasteiger partial charge is 0.373 e. The van der Waals surface area contributed by atoms with Crippen LogP contribution in [0.25, 0.3) is 0 Å². The SMILES string of the molecule is CC(C)NS(=O)(=O)c1ccc(NC(=O)c2ccc(S(=O)(=O)N3CC(C)OC(C)C3)cc2)cc1. The molecular weight excluding hydrogens is 466 g/mol. The maximum atomic E-state index is 12.9. The molecule has 0 spiro atoms. The Labute approximate surface area is 195 Å². The van der Waals surface area contributed by atoms with Gasteiger partial charge in [0.05, 0.1) is 22.0 Å². The van der Waals surface area contributed by atoms with Crippen LogP contribution in [0.2, 0.25) is 0 Å². The summed E-state index contributed by atoms with van der Waals surface area (Å²) in [6.07, 6.45) is -0.396. The summed E-state index contributed by atoms with van der Waals surface area (Å²) < 4.78 is 59.8. The van der Waals surface area contributed by atoms with Gasteiger partial charge < -0.3 is 10.1 Å². The van der Waals surface area contributed by atoms with Crippen molar-refractivity contribution < 1.29 is 26.4 Å². The Morgan fingerprint density at radius 1 is 0.909 bits per heavy atom. The topological polar surface area (TPSA) is 122 Å². The zero-order valence-electron chi connectivity index (χ0n) is 19.0. The van der Waals surface area contributed by atoms with Gasteiger partial charge in [0.15, 0.2) is 0 Å². The fourth-order valence-electron chi connectivity index (χ4n) is 3.55. The van der Waals surface area contributed by atoms with Crippen molar-refractivity contribution in [1.82, 2.24) is 9.03 Å². The number of morpholine rings is 1. The van der Waals surface area contributed by atoms with Gasteiger partial charge >= 0.3 is 0 Å². The van der Waals surface area contributed by atoms with Crippen LogP contribution in [-0.2, 0) is 24.8 Å². The summed E-state index contributed by atoms with van der Waals surface area (Å²) in [6.45, 7) is 7.65. The van der Waals surface area contributed by atoms with Gasteiger partial charge in [-0.15, -0.1) is 0 Å². The molecule has 2 N–H and O–H groups in total. The average molecular weight is 496 g/mol. The Hall–Kier alpha value is -2.31. The number of sulfonamides is 2. The molecule has 0 aliphatic carbocycles. The number of carbonyl (C=O) groups is 1. The van der Waals surface area contributed by atoms with E-state index in [0.717, 1.165) is 0 Å². The van der Waals surface area contributed by atoms with Gasteiger partial charge in [-0.25, -0.2) is 21.6 Å². The summed E-state index contributed by atoms with van der Waals surface area (Å²) in [7, 11) is -7.32. The molecule has 1 amide bonds. The van der Waals surface area contributed by atoms with E-state index >= 15 is 0 Å². The summed E-state index contributed by atoms with van der Waals surface area (Å²) in [5.74, 6) is -0.441. The van der Waals surface area contributed by atoms with Gasteiger partial charge in [-0.2, -0.15) is 4.31 Å². The van der Waals surface area contributed by atoms with Gasteiger partial charge in [0, 0.05) is 30.4 Å². The summed E-state index contributed by atoms with van der Waals surface area (Å²) in [6, 6.07) is 11.3. The molecule has 1 saturated heterocycles. The van der Waals surface area contributed by atoms with Crippen molar-refractivity contribution in [3.05, 3.63) is 54.1 Å². The van der Waals surface area contributed by atoms with E-state index < -0.39 is 26.0 Å². The number of carbonyl (C=O) groups excluding carboxylic acids is 1. The molecule has 9 nitrogen and oxygen atoms in total. The molecule has 1 heterocycles. The Morgan fingerprint density at radius 3 is 1.94 bits per heavy atom. The third-order valence-electron chi connectivity index (χ3n) is 4.95. The van der Waals surface area contributed by atoms with Gasteiger partial charge in [-0.3, -0.25) is 4.79 Å². The summed E-state index contributed by atoms with van der Waals surface area (Å²) in [5.41, 5.74) is 0.687. The molecule has 11 heteroatoms. The van der Waals surface area contributed by atoms with E-state index in [1.807, 2.05) is 13.8 Å². The van der Waals surface area contributed by atoms with Crippen LogP contribution < -0.4 is 10.0 Å². The van der Waals surface area contributed by atoms with E-state index in [-0.39, 0.29) is 46.7 Å². The molecule has 2 unspecified atom stereocenters. The lowest BCUT2D eigenvalue weighted by Gasteiger charge is -2.34. The van der Waals surface area contributed by atoms with Crippen LogP contribution in [0.15, 0.2) is 58.3 Å². The van der Waals surface area contributed by atoms with Crippen LogP contribution in [0.3, 0.4) is 0 Å². The van der Waals surface area contributed by atoms with E-state index in [9.17, 15) is 21.6 Å². The van der Waals surface area contributed by atoms with Gasteiger partial charge in [0.25, 0.3) is 5.91 Å². The number of nitrogens with zero attached hydrogens (tertiary/aromatic N) is 1. The maximum Gasteiger partial charge on any atom is 0.255 e. The van der Waals surface area contributed by atoms with Crippen molar-refractivity contribution in [1.29, 1.82) is 0 Å². The minimum Gasteiger partial charge on any atom is -0.373 e. The lowest BCUT2D eigenvalue weighted by atomic mass is 10.2.